The summed E-state index contributed by atoms with van der Waals surface area (Å²) in [6, 6.07) is 7.53. The normalized spacial score (nSPS) is 10.4. The first-order valence-electron chi connectivity index (χ1n) is 7.46. The fourth-order valence-electron chi connectivity index (χ4n) is 2.53. The van der Waals surface area contributed by atoms with E-state index in [4.69, 9.17) is 14.2 Å². The molecule has 0 spiro atoms. The van der Waals surface area contributed by atoms with Crippen LogP contribution in [0.1, 0.15) is 11.1 Å². The van der Waals surface area contributed by atoms with Crippen molar-refractivity contribution in [1.29, 1.82) is 0 Å². The number of aromatic hydroxyl groups is 1. The summed E-state index contributed by atoms with van der Waals surface area (Å²) >= 11 is 0. The molecule has 0 saturated heterocycles. The van der Waals surface area contributed by atoms with Crippen LogP contribution in [0, 0.1) is 10.1 Å². The number of nitrogens with one attached hydrogen (secondary N) is 1. The van der Waals surface area contributed by atoms with Gasteiger partial charge in [-0.1, -0.05) is 6.07 Å². The number of benzene rings is 2. The van der Waals surface area contributed by atoms with Crippen LogP contribution in [-0.2, 0) is 13.1 Å². The minimum Gasteiger partial charge on any atom is -0.508 e. The monoisotopic (exact) mass is 348 g/mol. The van der Waals surface area contributed by atoms with Gasteiger partial charge in [0.15, 0.2) is 11.5 Å². The molecular weight excluding hydrogens is 328 g/mol. The second kappa shape index (κ2) is 8.20. The van der Waals surface area contributed by atoms with Gasteiger partial charge in [-0.15, -0.1) is 0 Å². The number of methoxy groups -OCH3 is 3. The fourth-order valence-corrected chi connectivity index (χ4v) is 2.53. The van der Waals surface area contributed by atoms with Crippen LogP contribution in [0.25, 0.3) is 0 Å². The molecule has 0 aliphatic heterocycles. The van der Waals surface area contributed by atoms with Crippen LogP contribution in [0.4, 0.5) is 5.69 Å². The van der Waals surface area contributed by atoms with Gasteiger partial charge in [0, 0.05) is 30.3 Å². The van der Waals surface area contributed by atoms with Crippen molar-refractivity contribution >= 4 is 5.69 Å². The first kappa shape index (κ1) is 18.3. The fraction of sp³-hybridized carbons (Fsp3) is 0.294. The predicted octanol–water partition coefficient (Wildman–Crippen LogP) is 2.62. The third kappa shape index (κ3) is 4.10. The topological polar surface area (TPSA) is 103 Å². The Morgan fingerprint density at radius 2 is 1.68 bits per heavy atom. The Morgan fingerprint density at radius 1 is 1.00 bits per heavy atom. The molecule has 25 heavy (non-hydrogen) atoms. The molecule has 0 aliphatic carbocycles. The molecule has 0 atom stereocenters. The van der Waals surface area contributed by atoms with Gasteiger partial charge in [-0.2, -0.15) is 0 Å². The van der Waals surface area contributed by atoms with E-state index in [0.717, 1.165) is 5.56 Å². The number of phenolic OH excluding ortho intramolecular Hbond substituents is 1. The first-order valence-corrected chi connectivity index (χ1v) is 7.46. The lowest BCUT2D eigenvalue weighted by atomic mass is 10.1. The molecule has 0 heterocycles. The van der Waals surface area contributed by atoms with Crippen LogP contribution in [0.3, 0.4) is 0 Å². The van der Waals surface area contributed by atoms with Crippen molar-refractivity contribution in [3.63, 3.8) is 0 Å². The molecule has 0 radical (unpaired) electrons. The summed E-state index contributed by atoms with van der Waals surface area (Å²) in [6.45, 7) is 0.596. The number of rotatable bonds is 8. The van der Waals surface area contributed by atoms with E-state index in [1.807, 2.05) is 6.07 Å². The summed E-state index contributed by atoms with van der Waals surface area (Å²) < 4.78 is 16.0. The third-order valence-electron chi connectivity index (χ3n) is 3.68. The van der Waals surface area contributed by atoms with E-state index in [-0.39, 0.29) is 18.0 Å². The summed E-state index contributed by atoms with van der Waals surface area (Å²) in [5.41, 5.74) is 1.15. The number of phenols is 1. The Kier molecular flexibility index (Phi) is 6.02. The first-order chi connectivity index (χ1) is 12.0. The summed E-state index contributed by atoms with van der Waals surface area (Å²) in [4.78, 5) is 10.6. The lowest BCUT2D eigenvalue weighted by Gasteiger charge is -2.16. The molecule has 134 valence electrons. The van der Waals surface area contributed by atoms with Gasteiger partial charge in [0.05, 0.1) is 26.3 Å². The van der Waals surface area contributed by atoms with Crippen molar-refractivity contribution in [2.45, 2.75) is 13.1 Å². The Balaban J connectivity index is 2.18. The maximum absolute atomic E-state index is 11.1. The highest BCUT2D eigenvalue weighted by molar-refractivity contribution is 5.55. The maximum atomic E-state index is 11.1. The molecule has 2 N–H and O–H groups in total. The van der Waals surface area contributed by atoms with Crippen molar-refractivity contribution in [3.05, 3.63) is 51.6 Å². The van der Waals surface area contributed by atoms with Gasteiger partial charge in [0.1, 0.15) is 5.75 Å². The van der Waals surface area contributed by atoms with Crippen LogP contribution >= 0.6 is 0 Å². The third-order valence-corrected chi connectivity index (χ3v) is 3.68. The molecule has 8 heteroatoms. The minimum atomic E-state index is -0.479. The number of ether oxygens (including phenoxy) is 3. The molecule has 0 amide bonds. The molecule has 0 aromatic heterocycles. The van der Waals surface area contributed by atoms with Crippen molar-refractivity contribution in [1.82, 2.24) is 5.32 Å². The zero-order valence-corrected chi connectivity index (χ0v) is 14.2. The average Bonchev–Trinajstić information content (AvgIpc) is 2.60. The highest BCUT2D eigenvalue weighted by Gasteiger charge is 2.17. The number of hydrogen-bond acceptors (Lipinski definition) is 7. The Morgan fingerprint density at radius 3 is 2.28 bits per heavy atom. The van der Waals surface area contributed by atoms with Gasteiger partial charge in [-0.25, -0.2) is 0 Å². The molecule has 0 unspecified atom stereocenters. The van der Waals surface area contributed by atoms with E-state index in [9.17, 15) is 15.2 Å². The number of hydrogen-bond donors (Lipinski definition) is 2. The van der Waals surface area contributed by atoms with Gasteiger partial charge >= 0.3 is 0 Å². The number of nitro groups is 1. The average molecular weight is 348 g/mol. The van der Waals surface area contributed by atoms with E-state index >= 15 is 0 Å². The molecule has 2 rings (SSSR count). The summed E-state index contributed by atoms with van der Waals surface area (Å²) in [7, 11) is 4.59. The maximum Gasteiger partial charge on any atom is 0.274 e. The number of nitrogens with zero attached hydrogens (tertiary/aromatic N) is 1. The van der Waals surface area contributed by atoms with Crippen LogP contribution in [-0.4, -0.2) is 31.4 Å². The highest BCUT2D eigenvalue weighted by Crippen LogP contribution is 2.39. The summed E-state index contributed by atoms with van der Waals surface area (Å²) in [6.07, 6.45) is 0. The quantitative estimate of drug-likeness (QED) is 0.558. The van der Waals surface area contributed by atoms with Gasteiger partial charge < -0.3 is 24.6 Å². The lowest BCUT2D eigenvalue weighted by molar-refractivity contribution is -0.385. The molecule has 2 aromatic carbocycles. The van der Waals surface area contributed by atoms with Gasteiger partial charge in [0.25, 0.3) is 5.69 Å². The second-order valence-electron chi connectivity index (χ2n) is 5.17. The van der Waals surface area contributed by atoms with Gasteiger partial charge in [0.2, 0.25) is 5.75 Å². The van der Waals surface area contributed by atoms with E-state index in [1.54, 1.807) is 6.07 Å². The Labute approximate surface area is 145 Å². The highest BCUT2D eigenvalue weighted by atomic mass is 16.6. The van der Waals surface area contributed by atoms with E-state index in [0.29, 0.717) is 29.4 Å². The van der Waals surface area contributed by atoms with Crippen molar-refractivity contribution < 1.29 is 24.2 Å². The van der Waals surface area contributed by atoms with Gasteiger partial charge in [-0.05, 0) is 18.2 Å². The van der Waals surface area contributed by atoms with Crippen molar-refractivity contribution in [2.24, 2.45) is 0 Å². The van der Waals surface area contributed by atoms with Crippen LogP contribution in [0.2, 0.25) is 0 Å². The molecule has 8 nitrogen and oxygen atoms in total. The van der Waals surface area contributed by atoms with Crippen molar-refractivity contribution in [3.8, 4) is 23.0 Å². The molecule has 2 aromatic rings. The summed E-state index contributed by atoms with van der Waals surface area (Å²) in [5, 5.41) is 23.7. The van der Waals surface area contributed by atoms with Crippen LogP contribution < -0.4 is 19.5 Å². The predicted molar refractivity (Wildman–Crippen MR) is 91.4 cm³/mol. The van der Waals surface area contributed by atoms with Crippen LogP contribution in [0.5, 0.6) is 23.0 Å². The molecule has 0 aliphatic rings. The minimum absolute atomic E-state index is 0.0221. The molecule has 0 bridgehead atoms. The smallest absolute Gasteiger partial charge is 0.274 e. The Bertz CT molecular complexity index is 763. The molecular formula is C17H20N2O6. The van der Waals surface area contributed by atoms with E-state index < -0.39 is 4.92 Å². The molecule has 0 fully saturated rings. The van der Waals surface area contributed by atoms with E-state index in [1.165, 1.54) is 39.5 Å². The van der Waals surface area contributed by atoms with E-state index in [2.05, 4.69) is 5.32 Å². The SMILES string of the molecule is COc1ccc(CNCc2cc(O)ccc2[N+](=O)[O-])c(OC)c1OC. The standard InChI is InChI=1S/C17H20N2O6/c1-23-15-7-4-11(16(24-2)17(15)25-3)9-18-10-12-8-13(20)5-6-14(12)19(21)22/h4-8,18,20H,9-10H2,1-3H3. The summed E-state index contributed by atoms with van der Waals surface area (Å²) in [5.74, 6) is 1.53. The van der Waals surface area contributed by atoms with Gasteiger partial charge in [-0.3, -0.25) is 10.1 Å². The van der Waals surface area contributed by atoms with Crippen molar-refractivity contribution in [2.75, 3.05) is 21.3 Å². The zero-order valence-electron chi connectivity index (χ0n) is 14.2. The molecule has 0 saturated carbocycles. The number of nitro benzene ring substituents is 1. The zero-order chi connectivity index (χ0) is 18.4. The Hall–Kier alpha value is -3.00. The lowest BCUT2D eigenvalue weighted by Crippen LogP contribution is -2.15. The van der Waals surface area contributed by atoms with Crippen LogP contribution in [0.15, 0.2) is 30.3 Å². The second-order valence-corrected chi connectivity index (χ2v) is 5.17. The largest absolute Gasteiger partial charge is 0.508 e.